The smallest absolute Gasteiger partial charge is 0.259 e. The van der Waals surface area contributed by atoms with Gasteiger partial charge in [-0.3, -0.25) is 9.59 Å². The van der Waals surface area contributed by atoms with E-state index >= 15 is 0 Å². The number of halogens is 2. The zero-order valence-corrected chi connectivity index (χ0v) is 16.5. The van der Waals surface area contributed by atoms with Crippen LogP contribution in [0.1, 0.15) is 28.8 Å². The van der Waals surface area contributed by atoms with Crippen LogP contribution in [-0.2, 0) is 17.9 Å². The summed E-state index contributed by atoms with van der Waals surface area (Å²) in [4.78, 5) is 25.3. The van der Waals surface area contributed by atoms with E-state index in [0.29, 0.717) is 16.5 Å². The van der Waals surface area contributed by atoms with Gasteiger partial charge in [0.1, 0.15) is 5.56 Å². The Kier molecular flexibility index (Phi) is 6.98. The molecule has 146 valence electrons. The van der Waals surface area contributed by atoms with Crippen molar-refractivity contribution >= 4 is 35.0 Å². The first kappa shape index (κ1) is 20.9. The molecule has 1 aromatic heterocycles. The Morgan fingerprint density at radius 3 is 2.56 bits per heavy atom. The molecule has 0 fully saturated rings. The molecule has 0 aliphatic rings. The van der Waals surface area contributed by atoms with E-state index in [0.717, 1.165) is 5.56 Å². The van der Waals surface area contributed by atoms with Gasteiger partial charge in [-0.15, -0.1) is 0 Å². The van der Waals surface area contributed by atoms with Gasteiger partial charge in [-0.1, -0.05) is 29.3 Å². The molecule has 2 amide bonds. The van der Waals surface area contributed by atoms with Gasteiger partial charge in [0.05, 0.1) is 10.0 Å². The van der Waals surface area contributed by atoms with Crippen LogP contribution in [-0.4, -0.2) is 45.6 Å². The second-order valence-corrected chi connectivity index (χ2v) is 6.91. The quantitative estimate of drug-likeness (QED) is 0.649. The summed E-state index contributed by atoms with van der Waals surface area (Å²) < 4.78 is 1.35. The molecule has 2 aromatic rings. The van der Waals surface area contributed by atoms with Crippen LogP contribution >= 0.6 is 23.2 Å². The largest absolute Gasteiger partial charge is 0.503 e. The van der Waals surface area contributed by atoms with Crippen LogP contribution < -0.4 is 5.32 Å². The highest BCUT2D eigenvalue weighted by molar-refractivity contribution is 6.42. The van der Waals surface area contributed by atoms with Crippen LogP contribution in [0.5, 0.6) is 11.6 Å². The van der Waals surface area contributed by atoms with Gasteiger partial charge >= 0.3 is 0 Å². The first-order valence-electron chi connectivity index (χ1n) is 8.25. The number of nitrogens with one attached hydrogen (secondary N) is 1. The Hall–Kier alpha value is -2.38. The van der Waals surface area contributed by atoms with Crippen molar-refractivity contribution in [3.8, 4) is 11.6 Å². The number of carbonyl (C=O) groups is 2. The van der Waals surface area contributed by atoms with E-state index in [1.54, 1.807) is 32.3 Å². The third-order valence-corrected chi connectivity index (χ3v) is 4.83. The van der Waals surface area contributed by atoms with Gasteiger partial charge in [-0.2, -0.15) is 0 Å². The molecule has 0 saturated heterocycles. The molecule has 0 saturated carbocycles. The lowest BCUT2D eigenvalue weighted by atomic mass is 10.2. The van der Waals surface area contributed by atoms with Crippen molar-refractivity contribution in [2.75, 3.05) is 14.1 Å². The van der Waals surface area contributed by atoms with Crippen molar-refractivity contribution in [2.24, 2.45) is 0 Å². The summed E-state index contributed by atoms with van der Waals surface area (Å²) in [6.45, 7) is 0.536. The Morgan fingerprint density at radius 2 is 1.93 bits per heavy atom. The molecule has 1 aromatic carbocycles. The molecule has 0 unspecified atom stereocenters. The molecular weight excluding hydrogens is 393 g/mol. The molecule has 9 heteroatoms. The number of hydrogen-bond donors (Lipinski definition) is 3. The normalized spacial score (nSPS) is 10.7. The van der Waals surface area contributed by atoms with Gasteiger partial charge in [-0.05, 0) is 24.1 Å². The van der Waals surface area contributed by atoms with E-state index in [9.17, 15) is 19.8 Å². The maximum atomic E-state index is 12.6. The lowest BCUT2D eigenvalue weighted by Crippen LogP contribution is -2.26. The Balaban J connectivity index is 2.09. The van der Waals surface area contributed by atoms with E-state index in [2.05, 4.69) is 5.32 Å². The predicted molar refractivity (Wildman–Crippen MR) is 103 cm³/mol. The molecule has 3 N–H and O–H groups in total. The number of aryl methyl sites for hydroxylation is 1. The van der Waals surface area contributed by atoms with E-state index in [4.69, 9.17) is 23.2 Å². The van der Waals surface area contributed by atoms with Crippen molar-refractivity contribution in [3.05, 3.63) is 45.6 Å². The topological polar surface area (TPSA) is 94.8 Å². The van der Waals surface area contributed by atoms with E-state index in [-0.39, 0.29) is 31.0 Å². The fourth-order valence-electron chi connectivity index (χ4n) is 2.59. The number of carbonyl (C=O) groups excluding carboxylic acids is 2. The summed E-state index contributed by atoms with van der Waals surface area (Å²) in [6, 6.07) is 5.05. The first-order chi connectivity index (χ1) is 12.7. The lowest BCUT2D eigenvalue weighted by molar-refractivity contribution is -0.120. The van der Waals surface area contributed by atoms with Crippen LogP contribution in [0.3, 0.4) is 0 Å². The van der Waals surface area contributed by atoms with Gasteiger partial charge in [0, 0.05) is 39.8 Å². The van der Waals surface area contributed by atoms with E-state index < -0.39 is 17.5 Å². The summed E-state index contributed by atoms with van der Waals surface area (Å²) >= 11 is 11.9. The second kappa shape index (κ2) is 9.01. The zero-order chi connectivity index (χ0) is 20.1. The zero-order valence-electron chi connectivity index (χ0n) is 15.0. The Labute approximate surface area is 167 Å². The summed E-state index contributed by atoms with van der Waals surface area (Å²) in [6.07, 6.45) is 2.10. The second-order valence-electron chi connectivity index (χ2n) is 6.09. The number of aromatic hydroxyl groups is 2. The van der Waals surface area contributed by atoms with E-state index in [1.807, 2.05) is 0 Å². The standard InChI is InChI=1S/C18H21Cl2N3O4/c1-21-15(24)4-3-7-23-10-12(16(25)18(23)27)17(26)22(2)9-11-5-6-13(19)14(20)8-11/h5-6,8,10,25,27H,3-4,7,9H2,1-2H3,(H,21,24). The summed E-state index contributed by atoms with van der Waals surface area (Å²) in [5, 5.41) is 23.5. The van der Waals surface area contributed by atoms with E-state index in [1.165, 1.54) is 15.7 Å². The fourth-order valence-corrected chi connectivity index (χ4v) is 2.91. The van der Waals surface area contributed by atoms with Gasteiger partial charge in [0.15, 0.2) is 5.75 Å². The van der Waals surface area contributed by atoms with Crippen molar-refractivity contribution in [2.45, 2.75) is 25.9 Å². The molecule has 0 aliphatic carbocycles. The number of benzene rings is 1. The lowest BCUT2D eigenvalue weighted by Gasteiger charge is -2.17. The molecule has 0 spiro atoms. The highest BCUT2D eigenvalue weighted by Crippen LogP contribution is 2.32. The summed E-state index contributed by atoms with van der Waals surface area (Å²) in [5.41, 5.74) is 0.754. The molecule has 0 atom stereocenters. The maximum absolute atomic E-state index is 12.6. The number of rotatable bonds is 7. The number of amides is 2. The third-order valence-electron chi connectivity index (χ3n) is 4.09. The van der Waals surface area contributed by atoms with Crippen molar-refractivity contribution < 1.29 is 19.8 Å². The first-order valence-corrected chi connectivity index (χ1v) is 9.01. The molecule has 0 bridgehead atoms. The number of hydrogen-bond acceptors (Lipinski definition) is 4. The molecule has 1 heterocycles. The van der Waals surface area contributed by atoms with Crippen molar-refractivity contribution in [1.29, 1.82) is 0 Å². The molecular formula is C18H21Cl2N3O4. The van der Waals surface area contributed by atoms with Crippen LogP contribution in [0.2, 0.25) is 10.0 Å². The molecule has 7 nitrogen and oxygen atoms in total. The third kappa shape index (κ3) is 5.08. The predicted octanol–water partition coefficient (Wildman–Crippen LogP) is 3.00. The van der Waals surface area contributed by atoms with Crippen molar-refractivity contribution in [1.82, 2.24) is 14.8 Å². The van der Waals surface area contributed by atoms with Crippen LogP contribution in [0.25, 0.3) is 0 Å². The fraction of sp³-hybridized carbons (Fsp3) is 0.333. The number of aromatic nitrogens is 1. The summed E-state index contributed by atoms with van der Waals surface area (Å²) in [5.74, 6) is -1.47. The number of nitrogens with zero attached hydrogens (tertiary/aromatic N) is 2. The van der Waals surface area contributed by atoms with Crippen LogP contribution in [0, 0.1) is 0 Å². The maximum Gasteiger partial charge on any atom is 0.259 e. The van der Waals surface area contributed by atoms with Crippen LogP contribution in [0.15, 0.2) is 24.4 Å². The molecule has 0 radical (unpaired) electrons. The van der Waals surface area contributed by atoms with Gasteiger partial charge < -0.3 is 25.0 Å². The Bertz CT molecular complexity index is 851. The van der Waals surface area contributed by atoms with Crippen LogP contribution in [0.4, 0.5) is 0 Å². The minimum absolute atomic E-state index is 0.0185. The highest BCUT2D eigenvalue weighted by Gasteiger charge is 2.23. The van der Waals surface area contributed by atoms with Gasteiger partial charge in [0.2, 0.25) is 11.8 Å². The highest BCUT2D eigenvalue weighted by atomic mass is 35.5. The minimum Gasteiger partial charge on any atom is -0.503 e. The monoisotopic (exact) mass is 413 g/mol. The Morgan fingerprint density at radius 1 is 1.22 bits per heavy atom. The van der Waals surface area contributed by atoms with Gasteiger partial charge in [0.25, 0.3) is 5.91 Å². The summed E-state index contributed by atoms with van der Waals surface area (Å²) in [7, 11) is 3.12. The average molecular weight is 414 g/mol. The molecule has 0 aliphatic heterocycles. The average Bonchev–Trinajstić information content (AvgIpc) is 2.92. The molecule has 2 rings (SSSR count). The van der Waals surface area contributed by atoms with Crippen molar-refractivity contribution in [3.63, 3.8) is 0 Å². The minimum atomic E-state index is -0.485. The molecule has 27 heavy (non-hydrogen) atoms. The van der Waals surface area contributed by atoms with Gasteiger partial charge in [-0.25, -0.2) is 0 Å². The SMILES string of the molecule is CNC(=O)CCCn1cc(C(=O)N(C)Cc2ccc(Cl)c(Cl)c2)c(O)c1O.